The van der Waals surface area contributed by atoms with Crippen LogP contribution in [0.3, 0.4) is 0 Å². The van der Waals surface area contributed by atoms with Gasteiger partial charge in [-0.3, -0.25) is 4.79 Å². The lowest BCUT2D eigenvalue weighted by molar-refractivity contribution is 0.102. The highest BCUT2D eigenvalue weighted by Crippen LogP contribution is 2.32. The molecule has 0 spiro atoms. The van der Waals surface area contributed by atoms with Gasteiger partial charge < -0.3 is 11.1 Å². The minimum atomic E-state index is -0.197. The van der Waals surface area contributed by atoms with Gasteiger partial charge in [0.1, 0.15) is 11.1 Å². The maximum atomic E-state index is 12.4. The molecule has 1 amide bonds. The van der Waals surface area contributed by atoms with E-state index in [1.165, 1.54) is 11.3 Å². The Hall–Kier alpha value is -2.16. The van der Waals surface area contributed by atoms with E-state index in [1.807, 2.05) is 32.0 Å². The molecular formula is C16H17N3OS. The monoisotopic (exact) mass is 299 g/mol. The summed E-state index contributed by atoms with van der Waals surface area (Å²) in [5.41, 5.74) is 8.57. The van der Waals surface area contributed by atoms with Crippen molar-refractivity contribution in [1.29, 1.82) is 5.26 Å². The molecule has 1 aromatic carbocycles. The molecular weight excluding hydrogens is 282 g/mol. The number of carbonyl (C=O) groups is 1. The molecule has 0 aliphatic carbocycles. The Balaban J connectivity index is 2.31. The zero-order valence-corrected chi connectivity index (χ0v) is 12.9. The normalized spacial score (nSPS) is 10.2. The van der Waals surface area contributed by atoms with Gasteiger partial charge in [-0.05, 0) is 44.0 Å². The van der Waals surface area contributed by atoms with Crippen molar-refractivity contribution in [2.45, 2.75) is 20.3 Å². The number of nitrogens with one attached hydrogen (secondary N) is 1. The number of nitrogens with zero attached hydrogens (tertiary/aromatic N) is 1. The van der Waals surface area contributed by atoms with E-state index in [0.717, 1.165) is 16.0 Å². The fourth-order valence-electron chi connectivity index (χ4n) is 2.14. The van der Waals surface area contributed by atoms with E-state index in [4.69, 9.17) is 5.73 Å². The van der Waals surface area contributed by atoms with Crippen LogP contribution in [-0.2, 0) is 6.42 Å². The number of hydrogen-bond donors (Lipinski definition) is 2. The van der Waals surface area contributed by atoms with Gasteiger partial charge in [-0.2, -0.15) is 5.26 Å². The fourth-order valence-corrected chi connectivity index (χ4v) is 3.14. The average molecular weight is 299 g/mol. The predicted molar refractivity (Wildman–Crippen MR) is 85.7 cm³/mol. The van der Waals surface area contributed by atoms with Crippen molar-refractivity contribution in [2.24, 2.45) is 5.73 Å². The first-order valence-electron chi connectivity index (χ1n) is 6.68. The quantitative estimate of drug-likeness (QED) is 0.911. The van der Waals surface area contributed by atoms with Crippen LogP contribution >= 0.6 is 11.3 Å². The maximum Gasteiger partial charge on any atom is 0.256 e. The van der Waals surface area contributed by atoms with Crippen LogP contribution in [-0.4, -0.2) is 12.5 Å². The van der Waals surface area contributed by atoms with Crippen molar-refractivity contribution in [3.05, 3.63) is 51.4 Å². The third-order valence-corrected chi connectivity index (χ3v) is 4.52. The van der Waals surface area contributed by atoms with Crippen LogP contribution in [0.4, 0.5) is 5.00 Å². The summed E-state index contributed by atoms with van der Waals surface area (Å²) in [6.45, 7) is 4.33. The predicted octanol–water partition coefficient (Wildman–Crippen LogP) is 2.99. The number of rotatable bonds is 4. The van der Waals surface area contributed by atoms with Gasteiger partial charge in [0.15, 0.2) is 0 Å². The van der Waals surface area contributed by atoms with Crippen molar-refractivity contribution in [3.63, 3.8) is 0 Å². The van der Waals surface area contributed by atoms with Crippen LogP contribution in [0.5, 0.6) is 0 Å². The number of nitrogens with two attached hydrogens (primary N) is 1. The number of benzene rings is 1. The van der Waals surface area contributed by atoms with Gasteiger partial charge in [0.05, 0.1) is 5.56 Å². The molecule has 0 radical (unpaired) electrons. The van der Waals surface area contributed by atoms with E-state index in [2.05, 4.69) is 11.4 Å². The molecule has 0 unspecified atom stereocenters. The van der Waals surface area contributed by atoms with Gasteiger partial charge in [0.2, 0.25) is 0 Å². The molecule has 5 heteroatoms. The minimum absolute atomic E-state index is 0.197. The first kappa shape index (κ1) is 15.2. The fraction of sp³-hybridized carbons (Fsp3) is 0.250. The van der Waals surface area contributed by atoms with E-state index < -0.39 is 0 Å². The molecule has 108 valence electrons. The summed E-state index contributed by atoms with van der Waals surface area (Å²) in [7, 11) is 0. The summed E-state index contributed by atoms with van der Waals surface area (Å²) < 4.78 is 0. The molecule has 0 saturated heterocycles. The van der Waals surface area contributed by atoms with Crippen molar-refractivity contribution < 1.29 is 4.79 Å². The average Bonchev–Trinajstić information content (AvgIpc) is 2.74. The van der Waals surface area contributed by atoms with E-state index in [9.17, 15) is 10.1 Å². The van der Waals surface area contributed by atoms with Gasteiger partial charge in [0.25, 0.3) is 5.91 Å². The molecule has 1 aromatic heterocycles. The molecule has 1 heterocycles. The number of aryl methyl sites for hydroxylation is 1. The van der Waals surface area contributed by atoms with Crippen LogP contribution in [0.1, 0.15) is 31.9 Å². The van der Waals surface area contributed by atoms with Crippen LogP contribution in [0, 0.1) is 25.2 Å². The maximum absolute atomic E-state index is 12.4. The highest BCUT2D eigenvalue weighted by Gasteiger charge is 2.17. The second-order valence-corrected chi connectivity index (χ2v) is 5.97. The first-order valence-corrected chi connectivity index (χ1v) is 7.49. The van der Waals surface area contributed by atoms with Gasteiger partial charge in [-0.25, -0.2) is 0 Å². The molecule has 0 atom stereocenters. The number of thiophene rings is 1. The second-order valence-electron chi connectivity index (χ2n) is 4.75. The van der Waals surface area contributed by atoms with Gasteiger partial charge in [-0.1, -0.05) is 18.2 Å². The topological polar surface area (TPSA) is 78.9 Å². The summed E-state index contributed by atoms with van der Waals surface area (Å²) in [5, 5.41) is 12.7. The van der Waals surface area contributed by atoms with Gasteiger partial charge in [0, 0.05) is 10.4 Å². The van der Waals surface area contributed by atoms with Crippen LogP contribution in [0.15, 0.2) is 24.3 Å². The Bertz CT molecular complexity index is 713. The van der Waals surface area contributed by atoms with E-state index in [0.29, 0.717) is 29.1 Å². The van der Waals surface area contributed by atoms with E-state index in [-0.39, 0.29) is 5.91 Å². The molecule has 2 rings (SSSR count). The smallest absolute Gasteiger partial charge is 0.256 e. The lowest BCUT2D eigenvalue weighted by Gasteiger charge is -2.08. The Labute approximate surface area is 128 Å². The number of carbonyl (C=O) groups excluding carboxylic acids is 1. The first-order chi connectivity index (χ1) is 10.1. The van der Waals surface area contributed by atoms with Crippen molar-refractivity contribution >= 4 is 22.2 Å². The van der Waals surface area contributed by atoms with Crippen molar-refractivity contribution in [3.8, 4) is 6.07 Å². The van der Waals surface area contributed by atoms with Crippen LogP contribution < -0.4 is 11.1 Å². The third kappa shape index (κ3) is 3.13. The zero-order valence-electron chi connectivity index (χ0n) is 12.1. The van der Waals surface area contributed by atoms with Gasteiger partial charge in [-0.15, -0.1) is 11.3 Å². The van der Waals surface area contributed by atoms with Crippen LogP contribution in [0.2, 0.25) is 0 Å². The molecule has 4 nitrogen and oxygen atoms in total. The Morgan fingerprint density at radius 2 is 2.10 bits per heavy atom. The van der Waals surface area contributed by atoms with Gasteiger partial charge >= 0.3 is 0 Å². The summed E-state index contributed by atoms with van der Waals surface area (Å²) in [6, 6.07) is 9.55. The standard InChI is InChI=1S/C16H17N3OS/c1-10-11(2)21-16(14(10)9-18)19-15(20)13-6-4-3-5-12(13)7-8-17/h3-6H,7-8,17H2,1-2H3,(H,19,20). The zero-order chi connectivity index (χ0) is 15.4. The molecule has 3 N–H and O–H groups in total. The number of anilines is 1. The molecule has 0 saturated carbocycles. The Morgan fingerprint density at radius 3 is 2.76 bits per heavy atom. The lowest BCUT2D eigenvalue weighted by Crippen LogP contribution is -2.15. The number of amides is 1. The SMILES string of the molecule is Cc1sc(NC(=O)c2ccccc2CCN)c(C#N)c1C. The molecule has 0 aliphatic rings. The second kappa shape index (κ2) is 6.53. The summed E-state index contributed by atoms with van der Waals surface area (Å²) in [6.07, 6.45) is 0.650. The van der Waals surface area contributed by atoms with Crippen molar-refractivity contribution in [2.75, 3.05) is 11.9 Å². The molecule has 21 heavy (non-hydrogen) atoms. The number of hydrogen-bond acceptors (Lipinski definition) is 4. The molecule has 0 fully saturated rings. The molecule has 0 aliphatic heterocycles. The molecule has 2 aromatic rings. The Morgan fingerprint density at radius 1 is 1.38 bits per heavy atom. The third-order valence-electron chi connectivity index (χ3n) is 3.40. The lowest BCUT2D eigenvalue weighted by atomic mass is 10.0. The van der Waals surface area contributed by atoms with E-state index in [1.54, 1.807) is 6.07 Å². The highest BCUT2D eigenvalue weighted by atomic mass is 32.1. The summed E-state index contributed by atoms with van der Waals surface area (Å²) in [4.78, 5) is 13.5. The van der Waals surface area contributed by atoms with Crippen molar-refractivity contribution in [1.82, 2.24) is 0 Å². The number of nitriles is 1. The summed E-state index contributed by atoms with van der Waals surface area (Å²) >= 11 is 1.43. The van der Waals surface area contributed by atoms with Crippen LogP contribution in [0.25, 0.3) is 0 Å². The highest BCUT2D eigenvalue weighted by molar-refractivity contribution is 7.16. The largest absolute Gasteiger partial charge is 0.330 e. The Kier molecular flexibility index (Phi) is 4.73. The summed E-state index contributed by atoms with van der Waals surface area (Å²) in [5.74, 6) is -0.197. The molecule has 0 bridgehead atoms. The van der Waals surface area contributed by atoms with E-state index >= 15 is 0 Å². The minimum Gasteiger partial charge on any atom is -0.330 e.